The third-order valence-corrected chi connectivity index (χ3v) is 4.11. The summed E-state index contributed by atoms with van der Waals surface area (Å²) in [5, 5.41) is 18.1. The highest BCUT2D eigenvalue weighted by Crippen LogP contribution is 2.44. The van der Waals surface area contributed by atoms with Gasteiger partial charge >= 0.3 is 5.97 Å². The van der Waals surface area contributed by atoms with Crippen molar-refractivity contribution in [3.05, 3.63) is 23.9 Å². The zero-order valence-electron chi connectivity index (χ0n) is 10.5. The average molecular weight is 257 g/mol. The van der Waals surface area contributed by atoms with E-state index in [1.807, 2.05) is 11.0 Å². The molecule has 1 saturated heterocycles. The second-order valence-electron chi connectivity index (χ2n) is 5.37. The topological polar surface area (TPSA) is 77.2 Å². The molecule has 1 aliphatic heterocycles. The van der Waals surface area contributed by atoms with E-state index in [9.17, 15) is 9.90 Å². The number of aromatic nitrogens is 1. The summed E-state index contributed by atoms with van der Waals surface area (Å²) >= 11 is 0. The Morgan fingerprint density at radius 1 is 1.42 bits per heavy atom. The van der Waals surface area contributed by atoms with Crippen molar-refractivity contribution in [1.82, 2.24) is 4.98 Å². The van der Waals surface area contributed by atoms with Crippen molar-refractivity contribution in [1.29, 1.82) is 5.26 Å². The van der Waals surface area contributed by atoms with Crippen molar-refractivity contribution in [2.45, 2.75) is 12.8 Å². The van der Waals surface area contributed by atoms with Crippen molar-refractivity contribution in [3.63, 3.8) is 0 Å². The van der Waals surface area contributed by atoms with Gasteiger partial charge in [0, 0.05) is 19.3 Å². The van der Waals surface area contributed by atoms with Crippen molar-refractivity contribution < 1.29 is 9.90 Å². The van der Waals surface area contributed by atoms with E-state index in [-0.39, 0.29) is 11.8 Å². The second-order valence-corrected chi connectivity index (χ2v) is 5.37. The summed E-state index contributed by atoms with van der Waals surface area (Å²) in [6, 6.07) is 5.56. The number of anilines is 1. The Kier molecular flexibility index (Phi) is 2.86. The Labute approximate surface area is 111 Å². The molecule has 0 amide bonds. The van der Waals surface area contributed by atoms with Gasteiger partial charge in [0.25, 0.3) is 0 Å². The predicted molar refractivity (Wildman–Crippen MR) is 68.5 cm³/mol. The number of carboxylic acid groups (broad SMARTS) is 1. The first kappa shape index (κ1) is 12.0. The SMILES string of the molecule is N#Cc1ccc(N2C[C@H](C(=O)O)[C@@H](C3CC3)C2)nc1. The van der Waals surface area contributed by atoms with Gasteiger partial charge in [-0.25, -0.2) is 4.98 Å². The van der Waals surface area contributed by atoms with Gasteiger partial charge in [-0.2, -0.15) is 5.26 Å². The maximum absolute atomic E-state index is 11.3. The molecule has 0 bridgehead atoms. The number of hydrogen-bond donors (Lipinski definition) is 1. The number of nitriles is 1. The maximum Gasteiger partial charge on any atom is 0.308 e. The number of carboxylic acids is 1. The standard InChI is InChI=1S/C14H15N3O2/c15-5-9-1-4-13(16-6-9)17-7-11(10-2-3-10)12(8-17)14(18)19/h1,4,6,10-12H,2-3,7-8H2,(H,18,19)/t11-,12+/m1/s1. The third-order valence-electron chi connectivity index (χ3n) is 4.11. The molecule has 2 heterocycles. The van der Waals surface area contributed by atoms with Gasteiger partial charge in [-0.1, -0.05) is 0 Å². The normalized spacial score (nSPS) is 26.2. The van der Waals surface area contributed by atoms with Crippen LogP contribution in [0.4, 0.5) is 5.82 Å². The minimum absolute atomic E-state index is 0.245. The molecular formula is C14H15N3O2. The molecule has 1 N–H and O–H groups in total. The first-order valence-electron chi connectivity index (χ1n) is 6.53. The van der Waals surface area contributed by atoms with Crippen LogP contribution in [0.2, 0.25) is 0 Å². The van der Waals surface area contributed by atoms with Gasteiger partial charge in [0.15, 0.2) is 0 Å². The molecule has 0 unspecified atom stereocenters. The zero-order valence-corrected chi connectivity index (χ0v) is 10.5. The monoisotopic (exact) mass is 257 g/mol. The van der Waals surface area contributed by atoms with E-state index in [1.165, 1.54) is 6.20 Å². The van der Waals surface area contributed by atoms with Crippen LogP contribution >= 0.6 is 0 Å². The highest BCUT2D eigenvalue weighted by atomic mass is 16.4. The lowest BCUT2D eigenvalue weighted by atomic mass is 9.92. The summed E-state index contributed by atoms with van der Waals surface area (Å²) in [5.74, 6) is 0.603. The van der Waals surface area contributed by atoms with E-state index in [4.69, 9.17) is 5.26 Å². The van der Waals surface area contributed by atoms with E-state index in [0.29, 0.717) is 18.0 Å². The van der Waals surface area contributed by atoms with Gasteiger partial charge in [-0.3, -0.25) is 4.79 Å². The molecule has 3 rings (SSSR count). The van der Waals surface area contributed by atoms with Gasteiger partial charge < -0.3 is 10.0 Å². The molecule has 0 spiro atoms. The highest BCUT2D eigenvalue weighted by molar-refractivity contribution is 5.72. The van der Waals surface area contributed by atoms with Crippen LogP contribution in [-0.2, 0) is 4.79 Å². The summed E-state index contributed by atoms with van der Waals surface area (Å²) in [6.07, 6.45) is 3.85. The number of rotatable bonds is 3. The molecule has 2 atom stereocenters. The number of carbonyl (C=O) groups is 1. The summed E-state index contributed by atoms with van der Waals surface area (Å²) in [4.78, 5) is 17.6. The van der Waals surface area contributed by atoms with Gasteiger partial charge in [-0.15, -0.1) is 0 Å². The first-order valence-corrected chi connectivity index (χ1v) is 6.53. The van der Waals surface area contributed by atoms with Crippen LogP contribution in [-0.4, -0.2) is 29.1 Å². The Hall–Kier alpha value is -2.09. The number of aliphatic carboxylic acids is 1. The predicted octanol–water partition coefficient (Wildman–Crippen LogP) is 1.50. The molecule has 1 aliphatic carbocycles. The molecule has 1 saturated carbocycles. The Morgan fingerprint density at radius 2 is 2.21 bits per heavy atom. The number of pyridine rings is 1. The van der Waals surface area contributed by atoms with Gasteiger partial charge in [0.05, 0.1) is 11.5 Å². The van der Waals surface area contributed by atoms with Crippen molar-refractivity contribution in [2.24, 2.45) is 17.8 Å². The molecule has 2 fully saturated rings. The fraction of sp³-hybridized carbons (Fsp3) is 0.500. The van der Waals surface area contributed by atoms with Crippen LogP contribution in [0.1, 0.15) is 18.4 Å². The fourth-order valence-corrected chi connectivity index (χ4v) is 2.92. The van der Waals surface area contributed by atoms with E-state index in [1.54, 1.807) is 12.1 Å². The van der Waals surface area contributed by atoms with Crippen LogP contribution in [0.3, 0.4) is 0 Å². The van der Waals surface area contributed by atoms with Crippen LogP contribution in [0.15, 0.2) is 18.3 Å². The first-order chi connectivity index (χ1) is 9.19. The molecule has 0 radical (unpaired) electrons. The fourth-order valence-electron chi connectivity index (χ4n) is 2.92. The lowest BCUT2D eigenvalue weighted by Crippen LogP contribution is -2.24. The third kappa shape index (κ3) is 2.26. The molecule has 5 nitrogen and oxygen atoms in total. The maximum atomic E-state index is 11.3. The largest absolute Gasteiger partial charge is 0.481 e. The second kappa shape index (κ2) is 4.54. The summed E-state index contributed by atoms with van der Waals surface area (Å²) in [5.41, 5.74) is 0.525. The molecule has 2 aliphatic rings. The van der Waals surface area contributed by atoms with Crippen molar-refractivity contribution in [3.8, 4) is 6.07 Å². The molecule has 1 aromatic rings. The van der Waals surface area contributed by atoms with Gasteiger partial charge in [0.1, 0.15) is 11.9 Å². The van der Waals surface area contributed by atoms with E-state index >= 15 is 0 Å². The highest BCUT2D eigenvalue weighted by Gasteiger charge is 2.45. The molecule has 98 valence electrons. The zero-order chi connectivity index (χ0) is 13.4. The van der Waals surface area contributed by atoms with Crippen LogP contribution in [0.5, 0.6) is 0 Å². The lowest BCUT2D eigenvalue weighted by Gasteiger charge is -2.16. The molecular weight excluding hydrogens is 242 g/mol. The average Bonchev–Trinajstić information content (AvgIpc) is 3.17. The Morgan fingerprint density at radius 3 is 2.74 bits per heavy atom. The van der Waals surface area contributed by atoms with Crippen LogP contribution < -0.4 is 4.90 Å². The van der Waals surface area contributed by atoms with Crippen LogP contribution in [0.25, 0.3) is 0 Å². The minimum atomic E-state index is -0.701. The Balaban J connectivity index is 1.78. The number of hydrogen-bond acceptors (Lipinski definition) is 4. The summed E-state index contributed by atoms with van der Waals surface area (Å²) in [7, 11) is 0. The van der Waals surface area contributed by atoms with E-state index < -0.39 is 5.97 Å². The van der Waals surface area contributed by atoms with Gasteiger partial charge in [0.2, 0.25) is 0 Å². The minimum Gasteiger partial charge on any atom is -0.481 e. The summed E-state index contributed by atoms with van der Waals surface area (Å²) in [6.45, 7) is 1.29. The van der Waals surface area contributed by atoms with Crippen molar-refractivity contribution in [2.75, 3.05) is 18.0 Å². The van der Waals surface area contributed by atoms with Crippen molar-refractivity contribution >= 4 is 11.8 Å². The van der Waals surface area contributed by atoms with Crippen LogP contribution in [0, 0.1) is 29.1 Å². The Bertz CT molecular complexity index is 531. The molecule has 1 aromatic heterocycles. The quantitative estimate of drug-likeness (QED) is 0.887. The van der Waals surface area contributed by atoms with E-state index in [0.717, 1.165) is 25.2 Å². The lowest BCUT2D eigenvalue weighted by molar-refractivity contribution is -0.142. The molecule has 0 aromatic carbocycles. The molecule has 19 heavy (non-hydrogen) atoms. The molecule has 5 heteroatoms. The van der Waals surface area contributed by atoms with E-state index in [2.05, 4.69) is 4.98 Å². The van der Waals surface area contributed by atoms with Gasteiger partial charge in [-0.05, 0) is 36.8 Å². The smallest absolute Gasteiger partial charge is 0.308 e. The number of nitrogens with zero attached hydrogens (tertiary/aromatic N) is 3. The summed E-state index contributed by atoms with van der Waals surface area (Å²) < 4.78 is 0.